The molecule has 0 unspecified atom stereocenters. The van der Waals surface area contributed by atoms with Gasteiger partial charge < -0.3 is 11.1 Å². The zero-order valence-corrected chi connectivity index (χ0v) is 12.7. The molecule has 0 saturated heterocycles. The SMILES string of the molecule is Nc1ccc(Cl)cc1NC(=O)CCSc1ccccc1F. The number of nitrogens with one attached hydrogen (secondary N) is 1. The summed E-state index contributed by atoms with van der Waals surface area (Å²) < 4.78 is 13.4. The predicted octanol–water partition coefficient (Wildman–Crippen LogP) is 4.18. The Morgan fingerprint density at radius 2 is 2.05 bits per heavy atom. The van der Waals surface area contributed by atoms with E-state index in [4.69, 9.17) is 17.3 Å². The standard InChI is InChI=1S/C15H14ClFN2OS/c16-10-5-6-12(18)13(9-10)19-15(20)7-8-21-14-4-2-1-3-11(14)17/h1-6,9H,7-8,18H2,(H,19,20). The van der Waals surface area contributed by atoms with Crippen LogP contribution in [0.25, 0.3) is 0 Å². The maximum absolute atomic E-state index is 13.4. The molecule has 0 spiro atoms. The highest BCUT2D eigenvalue weighted by Crippen LogP contribution is 2.24. The molecule has 0 aliphatic heterocycles. The summed E-state index contributed by atoms with van der Waals surface area (Å²) in [7, 11) is 0. The van der Waals surface area contributed by atoms with Crippen LogP contribution in [0.15, 0.2) is 47.4 Å². The van der Waals surface area contributed by atoms with Crippen molar-refractivity contribution >= 4 is 40.6 Å². The number of halogens is 2. The van der Waals surface area contributed by atoms with Crippen LogP contribution >= 0.6 is 23.4 Å². The van der Waals surface area contributed by atoms with Gasteiger partial charge in [0.15, 0.2) is 0 Å². The average molecular weight is 325 g/mol. The van der Waals surface area contributed by atoms with Crippen LogP contribution in [0.1, 0.15) is 6.42 Å². The molecule has 0 aromatic heterocycles. The Balaban J connectivity index is 1.85. The Morgan fingerprint density at radius 3 is 2.81 bits per heavy atom. The highest BCUT2D eigenvalue weighted by Gasteiger charge is 2.07. The van der Waals surface area contributed by atoms with Crippen molar-refractivity contribution in [1.29, 1.82) is 0 Å². The molecule has 0 radical (unpaired) electrons. The molecular weight excluding hydrogens is 311 g/mol. The topological polar surface area (TPSA) is 55.1 Å². The Hall–Kier alpha value is -1.72. The van der Waals surface area contributed by atoms with Gasteiger partial charge in [0, 0.05) is 22.1 Å². The zero-order valence-electron chi connectivity index (χ0n) is 11.1. The van der Waals surface area contributed by atoms with Crippen LogP contribution in [-0.2, 0) is 4.79 Å². The van der Waals surface area contributed by atoms with E-state index in [0.717, 1.165) is 0 Å². The van der Waals surface area contributed by atoms with Crippen LogP contribution in [0.2, 0.25) is 5.02 Å². The summed E-state index contributed by atoms with van der Waals surface area (Å²) in [5.41, 5.74) is 6.69. The molecule has 3 nitrogen and oxygen atoms in total. The first-order chi connectivity index (χ1) is 10.1. The van der Waals surface area contributed by atoms with Gasteiger partial charge in [0.2, 0.25) is 5.91 Å². The van der Waals surface area contributed by atoms with E-state index in [1.165, 1.54) is 17.8 Å². The summed E-state index contributed by atoms with van der Waals surface area (Å²) in [6.07, 6.45) is 0.255. The molecule has 0 aliphatic rings. The van der Waals surface area contributed by atoms with Gasteiger partial charge >= 0.3 is 0 Å². The van der Waals surface area contributed by atoms with Gasteiger partial charge in [-0.3, -0.25) is 4.79 Å². The molecule has 110 valence electrons. The Morgan fingerprint density at radius 1 is 1.29 bits per heavy atom. The lowest BCUT2D eigenvalue weighted by molar-refractivity contribution is -0.115. The Labute approximate surface area is 131 Å². The molecule has 21 heavy (non-hydrogen) atoms. The molecule has 3 N–H and O–H groups in total. The molecule has 0 bridgehead atoms. The number of carbonyl (C=O) groups excluding carboxylic acids is 1. The third kappa shape index (κ3) is 4.65. The van der Waals surface area contributed by atoms with Gasteiger partial charge in [-0.25, -0.2) is 4.39 Å². The van der Waals surface area contributed by atoms with Crippen LogP contribution < -0.4 is 11.1 Å². The van der Waals surface area contributed by atoms with Gasteiger partial charge in [0.05, 0.1) is 11.4 Å². The van der Waals surface area contributed by atoms with Gasteiger partial charge in [0.1, 0.15) is 5.82 Å². The predicted molar refractivity (Wildman–Crippen MR) is 86.2 cm³/mol. The third-order valence-corrected chi connectivity index (χ3v) is 4.00. The van der Waals surface area contributed by atoms with E-state index in [1.54, 1.807) is 36.4 Å². The third-order valence-electron chi connectivity index (χ3n) is 2.71. The fourth-order valence-electron chi connectivity index (χ4n) is 1.66. The Bertz CT molecular complexity index is 651. The van der Waals surface area contributed by atoms with Crippen molar-refractivity contribution in [3.63, 3.8) is 0 Å². The molecule has 2 rings (SSSR count). The second kappa shape index (κ2) is 7.33. The fourth-order valence-corrected chi connectivity index (χ4v) is 2.73. The van der Waals surface area contributed by atoms with Gasteiger partial charge in [-0.2, -0.15) is 0 Å². The maximum atomic E-state index is 13.4. The first-order valence-electron chi connectivity index (χ1n) is 6.28. The minimum Gasteiger partial charge on any atom is -0.397 e. The van der Waals surface area contributed by atoms with Gasteiger partial charge in [-0.15, -0.1) is 11.8 Å². The lowest BCUT2D eigenvalue weighted by Crippen LogP contribution is -2.13. The van der Waals surface area contributed by atoms with Crippen molar-refractivity contribution in [1.82, 2.24) is 0 Å². The van der Waals surface area contributed by atoms with Crippen LogP contribution in [0.5, 0.6) is 0 Å². The maximum Gasteiger partial charge on any atom is 0.225 e. The zero-order chi connectivity index (χ0) is 15.2. The number of thioether (sulfide) groups is 1. The summed E-state index contributed by atoms with van der Waals surface area (Å²) in [5.74, 6) is 0.0163. The number of nitrogen functional groups attached to an aromatic ring is 1. The van der Waals surface area contributed by atoms with Crippen LogP contribution in [0.3, 0.4) is 0 Å². The normalized spacial score (nSPS) is 10.4. The second-order valence-corrected chi connectivity index (χ2v) is 5.88. The van der Waals surface area contributed by atoms with Crippen LogP contribution in [-0.4, -0.2) is 11.7 Å². The lowest BCUT2D eigenvalue weighted by atomic mass is 10.2. The van der Waals surface area contributed by atoms with Crippen molar-refractivity contribution in [3.05, 3.63) is 53.3 Å². The van der Waals surface area contributed by atoms with Crippen molar-refractivity contribution in [2.45, 2.75) is 11.3 Å². The quantitative estimate of drug-likeness (QED) is 0.640. The molecule has 0 fully saturated rings. The molecule has 0 atom stereocenters. The summed E-state index contributed by atoms with van der Waals surface area (Å²) in [5, 5.41) is 3.20. The molecule has 2 aromatic carbocycles. The number of anilines is 2. The van der Waals surface area contributed by atoms with Crippen molar-refractivity contribution in [2.75, 3.05) is 16.8 Å². The van der Waals surface area contributed by atoms with Crippen molar-refractivity contribution in [3.8, 4) is 0 Å². The summed E-state index contributed by atoms with van der Waals surface area (Å²) in [6.45, 7) is 0. The number of hydrogen-bond acceptors (Lipinski definition) is 3. The highest BCUT2D eigenvalue weighted by atomic mass is 35.5. The van der Waals surface area contributed by atoms with Gasteiger partial charge in [0.25, 0.3) is 0 Å². The largest absolute Gasteiger partial charge is 0.397 e. The van der Waals surface area contributed by atoms with E-state index in [0.29, 0.717) is 27.0 Å². The average Bonchev–Trinajstić information content (AvgIpc) is 2.45. The summed E-state index contributed by atoms with van der Waals surface area (Å²) in [4.78, 5) is 12.4. The number of rotatable bonds is 5. The first kappa shape index (κ1) is 15.7. The highest BCUT2D eigenvalue weighted by molar-refractivity contribution is 7.99. The molecule has 0 saturated carbocycles. The van der Waals surface area contributed by atoms with Gasteiger partial charge in [-0.1, -0.05) is 23.7 Å². The fraction of sp³-hybridized carbons (Fsp3) is 0.133. The molecule has 1 amide bonds. The number of hydrogen-bond donors (Lipinski definition) is 2. The van der Waals surface area contributed by atoms with E-state index in [9.17, 15) is 9.18 Å². The van der Waals surface area contributed by atoms with E-state index >= 15 is 0 Å². The van der Waals surface area contributed by atoms with Crippen molar-refractivity contribution in [2.24, 2.45) is 0 Å². The summed E-state index contributed by atoms with van der Waals surface area (Å²) in [6, 6.07) is 11.4. The second-order valence-electron chi connectivity index (χ2n) is 4.31. The first-order valence-corrected chi connectivity index (χ1v) is 7.65. The monoisotopic (exact) mass is 324 g/mol. The van der Waals surface area contributed by atoms with E-state index in [2.05, 4.69) is 5.32 Å². The lowest BCUT2D eigenvalue weighted by Gasteiger charge is -2.08. The van der Waals surface area contributed by atoms with Crippen molar-refractivity contribution < 1.29 is 9.18 Å². The number of carbonyl (C=O) groups is 1. The number of nitrogens with two attached hydrogens (primary N) is 1. The van der Waals surface area contributed by atoms with E-state index in [-0.39, 0.29) is 18.1 Å². The molecule has 0 aliphatic carbocycles. The smallest absolute Gasteiger partial charge is 0.225 e. The van der Waals surface area contributed by atoms with Crippen LogP contribution in [0.4, 0.5) is 15.8 Å². The summed E-state index contributed by atoms with van der Waals surface area (Å²) >= 11 is 7.15. The van der Waals surface area contributed by atoms with E-state index in [1.807, 2.05) is 0 Å². The Kier molecular flexibility index (Phi) is 5.47. The van der Waals surface area contributed by atoms with Crippen LogP contribution in [0, 0.1) is 5.82 Å². The number of benzene rings is 2. The minimum absolute atomic E-state index is 0.187. The molecular formula is C15H14ClFN2OS. The molecule has 6 heteroatoms. The van der Waals surface area contributed by atoms with Gasteiger partial charge in [-0.05, 0) is 30.3 Å². The molecule has 0 heterocycles. The minimum atomic E-state index is -0.276. The molecule has 2 aromatic rings. The van der Waals surface area contributed by atoms with E-state index < -0.39 is 0 Å². The number of amides is 1.